The molecule has 0 aliphatic carbocycles. The maximum atomic E-state index is 3.78. The fourth-order valence-electron chi connectivity index (χ4n) is 13.3. The molecule has 17 aromatic carbocycles. The van der Waals surface area contributed by atoms with Crippen molar-refractivity contribution in [2.75, 3.05) is 14.7 Å². The van der Waals surface area contributed by atoms with Gasteiger partial charge < -0.3 is 14.7 Å². The van der Waals surface area contributed by atoms with Crippen molar-refractivity contribution in [1.29, 1.82) is 0 Å². The molecule has 0 aromatic heterocycles. The van der Waals surface area contributed by atoms with Gasteiger partial charge in [-0.25, -0.2) is 0 Å². The van der Waals surface area contributed by atoms with Crippen LogP contribution in [0.25, 0.3) is 86.9 Å². The van der Waals surface area contributed by atoms with E-state index < -0.39 is 0 Å². The smallest absolute Gasteiger partial charge is 0.0472 e. The third kappa shape index (κ3) is 13.2. The highest BCUT2D eigenvalue weighted by molar-refractivity contribution is 9.11. The molecule has 0 radical (unpaired) electrons. The molecular weight excluding hydrogens is 1370 g/mol. The molecule has 0 saturated heterocycles. The van der Waals surface area contributed by atoms with Crippen LogP contribution >= 0.6 is 47.8 Å². The first kappa shape index (κ1) is 63.5. The lowest BCUT2D eigenvalue weighted by molar-refractivity contribution is 1.28. The monoisotopic (exact) mass is 1440 g/mol. The zero-order valence-electron chi connectivity index (χ0n) is 52.3. The highest BCUT2D eigenvalue weighted by Gasteiger charge is 2.22. The van der Waals surface area contributed by atoms with E-state index in [0.717, 1.165) is 64.6 Å². The van der Waals surface area contributed by atoms with Crippen LogP contribution in [0.2, 0.25) is 0 Å². The average Bonchev–Trinajstić information content (AvgIpc) is 0.737. The lowest BCUT2D eigenvalue weighted by atomic mass is 9.84. The van der Waals surface area contributed by atoms with Crippen LogP contribution in [0, 0.1) is 0 Å². The number of hydrogen-bond acceptors (Lipinski definition) is 3. The topological polar surface area (TPSA) is 9.72 Å². The number of para-hydroxylation sites is 6. The first-order chi connectivity index (χ1) is 47.4. The van der Waals surface area contributed by atoms with Crippen molar-refractivity contribution in [3.05, 3.63) is 390 Å². The molecule has 0 amide bonds. The van der Waals surface area contributed by atoms with E-state index in [2.05, 4.69) is 420 Å². The van der Waals surface area contributed by atoms with E-state index in [-0.39, 0.29) is 7.43 Å². The van der Waals surface area contributed by atoms with Gasteiger partial charge in [-0.3, -0.25) is 0 Å². The highest BCUT2D eigenvalue weighted by Crippen LogP contribution is 2.48. The summed E-state index contributed by atoms with van der Waals surface area (Å²) in [6.07, 6.45) is 0. The Balaban J connectivity index is 0.000000159. The summed E-state index contributed by atoms with van der Waals surface area (Å²) in [4.78, 5) is 6.92. The molecule has 0 bridgehead atoms. The predicted molar refractivity (Wildman–Crippen MR) is 429 cm³/mol. The van der Waals surface area contributed by atoms with Crippen LogP contribution in [0.1, 0.15) is 7.43 Å². The maximum absolute atomic E-state index is 3.78. The van der Waals surface area contributed by atoms with Crippen molar-refractivity contribution < 1.29 is 0 Å². The number of halogens is 3. The summed E-state index contributed by atoms with van der Waals surface area (Å²) in [6, 6.07) is 134. The summed E-state index contributed by atoms with van der Waals surface area (Å²) in [5, 5.41) is 14.9. The molecule has 0 aliphatic heterocycles. The number of benzene rings is 17. The van der Waals surface area contributed by atoms with Crippen LogP contribution in [0.3, 0.4) is 0 Å². The zero-order valence-corrected chi connectivity index (χ0v) is 57.0. The van der Waals surface area contributed by atoms with Crippen LogP contribution in [0.5, 0.6) is 0 Å². The molecule has 17 rings (SSSR count). The van der Waals surface area contributed by atoms with Crippen molar-refractivity contribution in [3.8, 4) is 22.3 Å². The fraction of sp³-hybridized carbons (Fsp3) is 0.0110. The van der Waals surface area contributed by atoms with E-state index >= 15 is 0 Å². The van der Waals surface area contributed by atoms with Gasteiger partial charge in [0.1, 0.15) is 0 Å². The van der Waals surface area contributed by atoms with E-state index in [4.69, 9.17) is 0 Å². The van der Waals surface area contributed by atoms with Crippen molar-refractivity contribution in [1.82, 2.24) is 0 Å². The Bertz CT molecular complexity index is 5180. The minimum Gasteiger partial charge on any atom is -0.310 e. The molecule has 0 saturated carbocycles. The van der Waals surface area contributed by atoms with Crippen LogP contribution in [0.15, 0.2) is 390 Å². The molecule has 0 heterocycles. The van der Waals surface area contributed by atoms with E-state index in [1.165, 1.54) is 86.9 Å². The Morgan fingerprint density at radius 3 is 0.711 bits per heavy atom. The number of hydrogen-bond donors (Lipinski definition) is 0. The number of nitrogens with zero attached hydrogens (tertiary/aromatic N) is 3. The zero-order chi connectivity index (χ0) is 64.7. The molecule has 0 fully saturated rings. The molecular formula is C91H66Br3N3. The largest absolute Gasteiger partial charge is 0.310 e. The number of fused-ring (bicyclic) bond motifs is 6. The minimum absolute atomic E-state index is 0. The Labute approximate surface area is 592 Å². The van der Waals surface area contributed by atoms with Gasteiger partial charge in [-0.15, -0.1) is 0 Å². The van der Waals surface area contributed by atoms with Crippen LogP contribution in [-0.2, 0) is 0 Å². The Hall–Kier alpha value is -10.9. The minimum atomic E-state index is 0. The lowest BCUT2D eigenvalue weighted by Crippen LogP contribution is -2.09. The van der Waals surface area contributed by atoms with Gasteiger partial charge in [0.2, 0.25) is 0 Å². The molecule has 97 heavy (non-hydrogen) atoms. The molecule has 0 atom stereocenters. The quantitative estimate of drug-likeness (QED) is 0.120. The molecule has 0 N–H and O–H groups in total. The summed E-state index contributed by atoms with van der Waals surface area (Å²) in [7, 11) is 0. The van der Waals surface area contributed by atoms with Gasteiger partial charge >= 0.3 is 0 Å². The molecule has 0 aliphatic rings. The second kappa shape index (κ2) is 29.0. The predicted octanol–water partition coefficient (Wildman–Crippen LogP) is 28.6. The molecule has 17 aromatic rings. The molecule has 466 valence electrons. The summed E-state index contributed by atoms with van der Waals surface area (Å²) in [6.45, 7) is 0. The first-order valence-corrected chi connectivity index (χ1v) is 34.5. The van der Waals surface area contributed by atoms with Gasteiger partial charge in [0.25, 0.3) is 0 Å². The van der Waals surface area contributed by atoms with Crippen molar-refractivity contribution >= 4 is 164 Å². The maximum Gasteiger partial charge on any atom is 0.0472 e. The summed E-state index contributed by atoms with van der Waals surface area (Å²) >= 11 is 11.1. The third-order valence-corrected chi connectivity index (χ3v) is 19.8. The summed E-state index contributed by atoms with van der Waals surface area (Å²) < 4.78 is 3.40. The first-order valence-electron chi connectivity index (χ1n) is 32.1. The lowest BCUT2D eigenvalue weighted by Gasteiger charge is -2.27. The molecule has 0 spiro atoms. The SMILES string of the molecule is Brc1c2ccccc2c(Br)c2cc3ccccc3cc12.Brc1cccc(N(c2ccccc2)c2ccccc2)c1.C.c1ccc(N(c2ccccc2)c2cccc(-c3c4ccccc4c(-c4cccc(N(c5ccccc5)c5ccccc5)c4)c4cc5ccccc5cc34)c2)cc1. The Kier molecular flexibility index (Phi) is 19.0. The normalized spacial score (nSPS) is 11.0. The Morgan fingerprint density at radius 1 is 0.175 bits per heavy atom. The second-order valence-electron chi connectivity index (χ2n) is 23.6. The summed E-state index contributed by atoms with van der Waals surface area (Å²) in [5.41, 5.74) is 14.9. The molecule has 0 unspecified atom stereocenters. The van der Waals surface area contributed by atoms with Crippen molar-refractivity contribution in [2.45, 2.75) is 7.43 Å². The van der Waals surface area contributed by atoms with E-state index in [0.29, 0.717) is 0 Å². The van der Waals surface area contributed by atoms with E-state index in [1.807, 2.05) is 18.2 Å². The van der Waals surface area contributed by atoms with Crippen LogP contribution in [0.4, 0.5) is 51.2 Å². The number of anilines is 9. The highest BCUT2D eigenvalue weighted by atomic mass is 79.9. The molecule has 6 heteroatoms. The van der Waals surface area contributed by atoms with Gasteiger partial charge in [-0.2, -0.15) is 0 Å². The van der Waals surface area contributed by atoms with Gasteiger partial charge in [0.05, 0.1) is 0 Å². The van der Waals surface area contributed by atoms with Crippen molar-refractivity contribution in [2.24, 2.45) is 0 Å². The van der Waals surface area contributed by atoms with E-state index in [1.54, 1.807) is 0 Å². The van der Waals surface area contributed by atoms with Crippen LogP contribution < -0.4 is 14.7 Å². The summed E-state index contributed by atoms with van der Waals surface area (Å²) in [5.74, 6) is 0. The van der Waals surface area contributed by atoms with Crippen molar-refractivity contribution in [3.63, 3.8) is 0 Å². The van der Waals surface area contributed by atoms with Gasteiger partial charge in [0, 0.05) is 64.6 Å². The second-order valence-corrected chi connectivity index (χ2v) is 26.1. The Morgan fingerprint density at radius 2 is 0.412 bits per heavy atom. The van der Waals surface area contributed by atoms with Crippen LogP contribution in [-0.4, -0.2) is 0 Å². The van der Waals surface area contributed by atoms with Gasteiger partial charge in [0.15, 0.2) is 0 Å². The average molecular weight is 1440 g/mol. The third-order valence-electron chi connectivity index (χ3n) is 17.6. The van der Waals surface area contributed by atoms with Gasteiger partial charge in [-0.05, 0) is 258 Å². The van der Waals surface area contributed by atoms with Gasteiger partial charge in [-0.1, -0.05) is 260 Å². The molecule has 3 nitrogen and oxygen atoms in total. The van der Waals surface area contributed by atoms with E-state index in [9.17, 15) is 0 Å². The fourth-order valence-corrected chi connectivity index (χ4v) is 15.0. The standard InChI is InChI=1S/C54H38N2.C18H10Br2.C18H14BrN.CH4/c1-5-23-43(24-6-1)55(44-25-7-2-8-26-44)47-31-17-21-41(35-47)53-49-33-15-16-34-50(49)54(52-38-40-20-14-13-19-39(40)37-51(52)53)42-22-18-32-48(36-42)56(45-27-9-3-10-28-45)46-29-11-4-12-30-46;19-17-13-7-3-4-8-14(13)18(20)16-10-12-6-2-1-5-11(12)9-15(16)17;19-15-8-7-13-18(14-15)20(16-9-3-1-4-10-16)17-11-5-2-6-12-17;/h1-38H;1-10H;1-14H;1H4. The number of rotatable bonds is 11.